The molecule has 11 heteroatoms. The first kappa shape index (κ1) is 29.9. The molecule has 0 saturated heterocycles. The third-order valence-electron chi connectivity index (χ3n) is 7.60. The Labute approximate surface area is 250 Å². The maximum absolute atomic E-state index is 15.4. The molecule has 4 aromatic rings. The zero-order chi connectivity index (χ0) is 30.8. The van der Waals surface area contributed by atoms with E-state index in [1.807, 2.05) is 0 Å². The maximum atomic E-state index is 15.4. The van der Waals surface area contributed by atoms with Crippen molar-refractivity contribution in [3.8, 4) is 22.3 Å². The van der Waals surface area contributed by atoms with E-state index in [9.17, 15) is 23.6 Å². The molecule has 2 heterocycles. The Kier molecular flexibility index (Phi) is 8.59. The van der Waals surface area contributed by atoms with Crippen molar-refractivity contribution < 1.29 is 32.2 Å². The number of amides is 2. The van der Waals surface area contributed by atoms with Gasteiger partial charge in [-0.25, -0.2) is 18.0 Å². The van der Waals surface area contributed by atoms with Crippen LogP contribution in [0.3, 0.4) is 0 Å². The molecular formula is C32H27ClF3N3O4. The number of halogens is 4. The Morgan fingerprint density at radius 3 is 2.53 bits per heavy atom. The van der Waals surface area contributed by atoms with Crippen molar-refractivity contribution in [1.29, 1.82) is 0 Å². The number of ether oxygens (including phenoxy) is 1. The maximum Gasteiger partial charge on any atom is 0.411 e. The van der Waals surface area contributed by atoms with E-state index < -0.39 is 40.9 Å². The number of benzene rings is 3. The van der Waals surface area contributed by atoms with Crippen LogP contribution in [-0.2, 0) is 9.53 Å². The lowest BCUT2D eigenvalue weighted by atomic mass is 9.86. The fourth-order valence-electron chi connectivity index (χ4n) is 5.30. The highest BCUT2D eigenvalue weighted by atomic mass is 35.5. The van der Waals surface area contributed by atoms with Crippen LogP contribution in [0.1, 0.15) is 43.4 Å². The first-order valence-electron chi connectivity index (χ1n) is 13.5. The summed E-state index contributed by atoms with van der Waals surface area (Å²) in [5.41, 5.74) is 1.68. The number of nitrogens with zero attached hydrogens (tertiary/aromatic N) is 1. The molecule has 0 spiro atoms. The van der Waals surface area contributed by atoms with Gasteiger partial charge in [-0.05, 0) is 60.9 Å². The number of pyridine rings is 1. The predicted octanol–water partition coefficient (Wildman–Crippen LogP) is 7.79. The van der Waals surface area contributed by atoms with Gasteiger partial charge >= 0.3 is 6.09 Å². The van der Waals surface area contributed by atoms with Crippen LogP contribution in [0.25, 0.3) is 22.3 Å². The fraction of sp³-hybridized carbons (Fsp3) is 0.219. The number of carbonyl (C=O) groups excluding carboxylic acids is 2. The van der Waals surface area contributed by atoms with Gasteiger partial charge in [-0.3, -0.25) is 10.1 Å². The van der Waals surface area contributed by atoms with Gasteiger partial charge in [0.05, 0.1) is 34.9 Å². The molecule has 0 aliphatic carbocycles. The van der Waals surface area contributed by atoms with E-state index in [1.54, 1.807) is 31.2 Å². The summed E-state index contributed by atoms with van der Waals surface area (Å²) in [6.07, 6.45) is 1.86. The lowest BCUT2D eigenvalue weighted by Crippen LogP contribution is -2.34. The highest BCUT2D eigenvalue weighted by Gasteiger charge is 2.27. The number of nitrogens with one attached hydrogen (secondary N) is 2. The SMILES string of the molecule is COC(=O)Nc1ccc2c(c1)NC(=O)[C@@H](C)CCC[C@H](c1ccc(-c3c(F)ccc(Cl)c3F)c[n+]1[O-])c1ccc(F)c-2c1. The fourth-order valence-corrected chi connectivity index (χ4v) is 5.46. The molecule has 1 aromatic heterocycles. The minimum Gasteiger partial charge on any atom is -0.618 e. The zero-order valence-electron chi connectivity index (χ0n) is 23.2. The average Bonchev–Trinajstić information content (AvgIpc) is 2.98. The van der Waals surface area contributed by atoms with Gasteiger partial charge in [0.1, 0.15) is 11.6 Å². The van der Waals surface area contributed by atoms with Crippen molar-refractivity contribution in [2.75, 3.05) is 17.7 Å². The summed E-state index contributed by atoms with van der Waals surface area (Å²) < 4.78 is 49.8. The number of methoxy groups -OCH3 is 1. The molecule has 0 saturated carbocycles. The van der Waals surface area contributed by atoms with Crippen LogP contribution >= 0.6 is 11.6 Å². The van der Waals surface area contributed by atoms with Crippen LogP contribution in [0.2, 0.25) is 5.02 Å². The summed E-state index contributed by atoms with van der Waals surface area (Å²) in [6.45, 7) is 1.77. The number of carbonyl (C=O) groups is 2. The minimum atomic E-state index is -0.973. The molecule has 1 aliphatic rings. The molecule has 0 radical (unpaired) electrons. The Hall–Kier alpha value is -4.57. The summed E-state index contributed by atoms with van der Waals surface area (Å²) in [5.74, 6) is -3.64. The standard InChI is InChI=1S/C32H27ClF3N3O4/c1-17-4-3-5-21(28-13-7-19(16-39(28)42)29-26(35)12-10-24(33)30(29)36)18-6-11-25(34)23(14-18)22-9-8-20(37-32(41)43-2)15-27(22)38-31(17)40/h6-17,21H,3-5H2,1-2H3,(H,37,41)(H,38,40)/t17-,21-/m0/s1. The number of aromatic nitrogens is 1. The lowest BCUT2D eigenvalue weighted by molar-refractivity contribution is -0.614. The quantitative estimate of drug-likeness (QED) is 0.141. The van der Waals surface area contributed by atoms with Crippen LogP contribution in [0.15, 0.2) is 66.9 Å². The molecular weight excluding hydrogens is 583 g/mol. The molecule has 2 amide bonds. The van der Waals surface area contributed by atoms with Crippen LogP contribution in [0, 0.1) is 28.6 Å². The number of fused-ring (bicyclic) bond motifs is 4. The molecule has 0 fully saturated rings. The van der Waals surface area contributed by atoms with Crippen molar-refractivity contribution in [3.05, 3.63) is 106 Å². The van der Waals surface area contributed by atoms with Gasteiger partial charge in [0.15, 0.2) is 17.7 Å². The van der Waals surface area contributed by atoms with Gasteiger partial charge in [0.2, 0.25) is 5.91 Å². The summed E-state index contributed by atoms with van der Waals surface area (Å²) >= 11 is 5.85. The largest absolute Gasteiger partial charge is 0.618 e. The normalized spacial score (nSPS) is 16.7. The Morgan fingerprint density at radius 2 is 1.79 bits per heavy atom. The number of anilines is 2. The number of rotatable bonds is 3. The first-order chi connectivity index (χ1) is 20.6. The van der Waals surface area contributed by atoms with Gasteiger partial charge in [0.25, 0.3) is 0 Å². The summed E-state index contributed by atoms with van der Waals surface area (Å²) in [7, 11) is 1.22. The van der Waals surface area contributed by atoms with Gasteiger partial charge in [-0.1, -0.05) is 37.1 Å². The Morgan fingerprint density at radius 1 is 1.02 bits per heavy atom. The molecule has 0 unspecified atom stereocenters. The zero-order valence-corrected chi connectivity index (χ0v) is 24.0. The topological polar surface area (TPSA) is 94.4 Å². The van der Waals surface area contributed by atoms with E-state index >= 15 is 4.39 Å². The van der Waals surface area contributed by atoms with Crippen LogP contribution in [-0.4, -0.2) is 19.1 Å². The van der Waals surface area contributed by atoms with Crippen molar-refractivity contribution >= 4 is 35.0 Å². The molecule has 222 valence electrons. The van der Waals surface area contributed by atoms with E-state index in [0.29, 0.717) is 40.8 Å². The van der Waals surface area contributed by atoms with E-state index in [-0.39, 0.29) is 33.4 Å². The number of hydrogen-bond acceptors (Lipinski definition) is 4. The predicted molar refractivity (Wildman–Crippen MR) is 157 cm³/mol. The molecule has 7 nitrogen and oxygen atoms in total. The van der Waals surface area contributed by atoms with Gasteiger partial charge < -0.3 is 15.3 Å². The summed E-state index contributed by atoms with van der Waals surface area (Å²) in [6, 6.07) is 14.2. The van der Waals surface area contributed by atoms with E-state index in [4.69, 9.17) is 11.6 Å². The highest BCUT2D eigenvalue weighted by Crippen LogP contribution is 2.38. The molecule has 1 aliphatic heterocycles. The molecule has 43 heavy (non-hydrogen) atoms. The average molecular weight is 610 g/mol. The third-order valence-corrected chi connectivity index (χ3v) is 7.90. The van der Waals surface area contributed by atoms with Gasteiger partial charge in [0, 0.05) is 28.8 Å². The second kappa shape index (κ2) is 12.3. The van der Waals surface area contributed by atoms with Gasteiger partial charge in [-0.15, -0.1) is 0 Å². The summed E-state index contributed by atoms with van der Waals surface area (Å²) in [5, 5.41) is 18.5. The molecule has 2 N–H and O–H groups in total. The van der Waals surface area contributed by atoms with E-state index in [2.05, 4.69) is 15.4 Å². The molecule has 2 bridgehead atoms. The second-order valence-corrected chi connectivity index (χ2v) is 10.8. The first-order valence-corrected chi connectivity index (χ1v) is 13.9. The number of hydrogen-bond donors (Lipinski definition) is 2. The highest BCUT2D eigenvalue weighted by molar-refractivity contribution is 6.31. The van der Waals surface area contributed by atoms with Crippen LogP contribution < -0.4 is 15.4 Å². The lowest BCUT2D eigenvalue weighted by Gasteiger charge is -2.22. The second-order valence-electron chi connectivity index (χ2n) is 10.4. The molecule has 3 aromatic carbocycles. The van der Waals surface area contributed by atoms with Crippen molar-refractivity contribution in [2.24, 2.45) is 5.92 Å². The van der Waals surface area contributed by atoms with Crippen molar-refractivity contribution in [1.82, 2.24) is 0 Å². The van der Waals surface area contributed by atoms with Crippen LogP contribution in [0.5, 0.6) is 0 Å². The summed E-state index contributed by atoms with van der Waals surface area (Å²) in [4.78, 5) is 24.9. The van der Waals surface area contributed by atoms with Crippen molar-refractivity contribution in [2.45, 2.75) is 32.1 Å². The van der Waals surface area contributed by atoms with E-state index in [0.717, 1.165) is 18.3 Å². The monoisotopic (exact) mass is 609 g/mol. The third kappa shape index (κ3) is 6.15. The van der Waals surface area contributed by atoms with Gasteiger partial charge in [-0.2, -0.15) is 4.73 Å². The van der Waals surface area contributed by atoms with E-state index in [1.165, 1.54) is 31.4 Å². The Balaban J connectivity index is 1.62. The molecule has 2 atom stereocenters. The van der Waals surface area contributed by atoms with Crippen LogP contribution in [0.4, 0.5) is 29.3 Å². The van der Waals surface area contributed by atoms with Crippen molar-refractivity contribution in [3.63, 3.8) is 0 Å². The Bertz CT molecular complexity index is 1730. The molecule has 5 rings (SSSR count). The smallest absolute Gasteiger partial charge is 0.411 e. The minimum absolute atomic E-state index is 0.0137.